The molecule has 1 saturated heterocycles. The molecule has 4 nitrogen and oxygen atoms in total. The van der Waals surface area contributed by atoms with Crippen molar-refractivity contribution in [2.75, 3.05) is 32.8 Å². The van der Waals surface area contributed by atoms with Crippen molar-refractivity contribution in [3.8, 4) is 6.07 Å². The molecule has 0 bridgehead atoms. The average molecular weight is 169 g/mol. The van der Waals surface area contributed by atoms with Crippen LogP contribution in [0.5, 0.6) is 0 Å². The van der Waals surface area contributed by atoms with Crippen LogP contribution >= 0.6 is 0 Å². The van der Waals surface area contributed by atoms with Crippen LogP contribution < -0.4 is 5.73 Å². The lowest BCUT2D eigenvalue weighted by molar-refractivity contribution is 0.141. The highest BCUT2D eigenvalue weighted by atomic mass is 16.5. The molecule has 4 heteroatoms. The number of nitrogens with zero attached hydrogens (tertiary/aromatic N) is 2. The molecule has 1 fully saturated rings. The second-order valence-electron chi connectivity index (χ2n) is 3.00. The number of nitriles is 1. The Morgan fingerprint density at radius 2 is 2.33 bits per heavy atom. The summed E-state index contributed by atoms with van der Waals surface area (Å²) in [6.45, 7) is 4.15. The highest BCUT2D eigenvalue weighted by Crippen LogP contribution is 1.98. The molecule has 12 heavy (non-hydrogen) atoms. The van der Waals surface area contributed by atoms with Crippen LogP contribution in [0.25, 0.3) is 0 Å². The van der Waals surface area contributed by atoms with E-state index in [-0.39, 0.29) is 6.04 Å². The van der Waals surface area contributed by atoms with E-state index in [2.05, 4.69) is 4.90 Å². The van der Waals surface area contributed by atoms with Crippen LogP contribution in [0.1, 0.15) is 6.42 Å². The first kappa shape index (κ1) is 9.46. The predicted molar refractivity (Wildman–Crippen MR) is 45.5 cm³/mol. The fourth-order valence-electron chi connectivity index (χ4n) is 1.30. The summed E-state index contributed by atoms with van der Waals surface area (Å²) in [5.74, 6) is 0. The predicted octanol–water partition coefficient (Wildman–Crippen LogP) is -0.440. The Balaban J connectivity index is 2.25. The van der Waals surface area contributed by atoms with Gasteiger partial charge in [-0.3, -0.25) is 4.90 Å². The Labute approximate surface area is 72.9 Å². The molecule has 0 aromatic rings. The second kappa shape index (κ2) is 5.09. The van der Waals surface area contributed by atoms with Gasteiger partial charge in [0.25, 0.3) is 0 Å². The molecular formula is C8H15N3O. The first-order chi connectivity index (χ1) is 5.83. The quantitative estimate of drug-likeness (QED) is 0.608. The zero-order chi connectivity index (χ0) is 8.81. The lowest BCUT2D eigenvalue weighted by Crippen LogP contribution is -2.37. The normalized spacial score (nSPS) is 22.7. The van der Waals surface area contributed by atoms with Gasteiger partial charge < -0.3 is 10.5 Å². The summed E-state index contributed by atoms with van der Waals surface area (Å²) in [5, 5.41) is 8.50. The van der Waals surface area contributed by atoms with E-state index in [1.807, 2.05) is 6.07 Å². The van der Waals surface area contributed by atoms with Crippen molar-refractivity contribution >= 4 is 0 Å². The third-order valence-electron chi connectivity index (χ3n) is 1.94. The third kappa shape index (κ3) is 3.18. The summed E-state index contributed by atoms with van der Waals surface area (Å²) in [4.78, 5) is 2.18. The van der Waals surface area contributed by atoms with Crippen molar-refractivity contribution in [3.05, 3.63) is 0 Å². The van der Waals surface area contributed by atoms with Gasteiger partial charge in [0, 0.05) is 26.2 Å². The molecule has 0 saturated carbocycles. The van der Waals surface area contributed by atoms with Crippen molar-refractivity contribution in [1.82, 2.24) is 4.90 Å². The smallest absolute Gasteiger partial charge is 0.106 e. The number of rotatable bonds is 2. The van der Waals surface area contributed by atoms with E-state index in [0.29, 0.717) is 6.54 Å². The Kier molecular flexibility index (Phi) is 4.01. The maximum Gasteiger partial charge on any atom is 0.106 e. The lowest BCUT2D eigenvalue weighted by atomic mass is 10.3. The second-order valence-corrected chi connectivity index (χ2v) is 3.00. The number of nitrogens with two attached hydrogens (primary N) is 1. The van der Waals surface area contributed by atoms with E-state index in [1.165, 1.54) is 0 Å². The first-order valence-corrected chi connectivity index (χ1v) is 4.28. The van der Waals surface area contributed by atoms with Crippen molar-refractivity contribution in [2.45, 2.75) is 12.5 Å². The van der Waals surface area contributed by atoms with Gasteiger partial charge in [0.15, 0.2) is 0 Å². The number of hydrogen-bond donors (Lipinski definition) is 1. The molecule has 0 radical (unpaired) electrons. The standard InChI is InChI=1S/C8H15N3O/c9-6-8(10)7-11-2-1-4-12-5-3-11/h8H,1-5,7,10H2. The van der Waals surface area contributed by atoms with E-state index in [0.717, 1.165) is 32.7 Å². The molecule has 1 heterocycles. The van der Waals surface area contributed by atoms with Crippen LogP contribution in [0, 0.1) is 11.3 Å². The molecule has 1 rings (SSSR count). The zero-order valence-electron chi connectivity index (χ0n) is 7.20. The van der Waals surface area contributed by atoms with Crippen LogP contribution in [-0.2, 0) is 4.74 Å². The van der Waals surface area contributed by atoms with Gasteiger partial charge in [0.1, 0.15) is 6.04 Å². The molecule has 0 aliphatic carbocycles. The Morgan fingerprint density at radius 1 is 1.50 bits per heavy atom. The van der Waals surface area contributed by atoms with E-state index < -0.39 is 0 Å². The molecule has 0 aromatic heterocycles. The van der Waals surface area contributed by atoms with Gasteiger partial charge in [-0.2, -0.15) is 5.26 Å². The summed E-state index contributed by atoms with van der Waals surface area (Å²) in [6, 6.07) is 1.67. The summed E-state index contributed by atoms with van der Waals surface area (Å²) in [6.07, 6.45) is 1.04. The summed E-state index contributed by atoms with van der Waals surface area (Å²) < 4.78 is 5.27. The fourth-order valence-corrected chi connectivity index (χ4v) is 1.30. The monoisotopic (exact) mass is 169 g/mol. The van der Waals surface area contributed by atoms with Gasteiger partial charge >= 0.3 is 0 Å². The maximum atomic E-state index is 8.50. The number of hydrogen-bond acceptors (Lipinski definition) is 4. The topological polar surface area (TPSA) is 62.3 Å². The van der Waals surface area contributed by atoms with Crippen molar-refractivity contribution < 1.29 is 4.74 Å². The van der Waals surface area contributed by atoms with Crippen LogP contribution in [0.3, 0.4) is 0 Å². The molecule has 1 atom stereocenters. The van der Waals surface area contributed by atoms with E-state index in [9.17, 15) is 0 Å². The molecule has 68 valence electrons. The maximum absolute atomic E-state index is 8.50. The third-order valence-corrected chi connectivity index (χ3v) is 1.94. The van der Waals surface area contributed by atoms with Crippen LogP contribution in [-0.4, -0.2) is 43.8 Å². The van der Waals surface area contributed by atoms with E-state index >= 15 is 0 Å². The van der Waals surface area contributed by atoms with Gasteiger partial charge in [-0.1, -0.05) is 0 Å². The van der Waals surface area contributed by atoms with Crippen molar-refractivity contribution in [1.29, 1.82) is 5.26 Å². The van der Waals surface area contributed by atoms with Crippen molar-refractivity contribution in [2.24, 2.45) is 5.73 Å². The molecule has 0 aromatic carbocycles. The lowest BCUT2D eigenvalue weighted by Gasteiger charge is -2.19. The minimum Gasteiger partial charge on any atom is -0.380 e. The molecule has 1 aliphatic rings. The molecule has 0 amide bonds. The van der Waals surface area contributed by atoms with Crippen molar-refractivity contribution in [3.63, 3.8) is 0 Å². The van der Waals surface area contributed by atoms with E-state index in [1.54, 1.807) is 0 Å². The van der Waals surface area contributed by atoms with Gasteiger partial charge in [0.05, 0.1) is 12.7 Å². The first-order valence-electron chi connectivity index (χ1n) is 4.28. The molecule has 0 spiro atoms. The highest BCUT2D eigenvalue weighted by molar-refractivity contribution is 4.89. The highest BCUT2D eigenvalue weighted by Gasteiger charge is 2.11. The Hall–Kier alpha value is -0.630. The van der Waals surface area contributed by atoms with Crippen LogP contribution in [0.2, 0.25) is 0 Å². The average Bonchev–Trinajstić information content (AvgIpc) is 2.33. The fraction of sp³-hybridized carbons (Fsp3) is 0.875. The molecule has 1 aliphatic heterocycles. The van der Waals surface area contributed by atoms with Gasteiger partial charge in [-0.15, -0.1) is 0 Å². The number of ether oxygens (including phenoxy) is 1. The van der Waals surface area contributed by atoms with Crippen LogP contribution in [0.4, 0.5) is 0 Å². The summed E-state index contributed by atoms with van der Waals surface area (Å²) in [7, 11) is 0. The van der Waals surface area contributed by atoms with Gasteiger partial charge in [0.2, 0.25) is 0 Å². The minimum absolute atomic E-state index is 0.358. The van der Waals surface area contributed by atoms with Gasteiger partial charge in [-0.25, -0.2) is 0 Å². The molecule has 2 N–H and O–H groups in total. The Morgan fingerprint density at radius 3 is 3.08 bits per heavy atom. The SMILES string of the molecule is N#CC(N)CN1CCCOCC1. The molecular weight excluding hydrogens is 154 g/mol. The summed E-state index contributed by atoms with van der Waals surface area (Å²) >= 11 is 0. The van der Waals surface area contributed by atoms with Crippen LogP contribution in [0.15, 0.2) is 0 Å². The zero-order valence-corrected chi connectivity index (χ0v) is 7.20. The van der Waals surface area contributed by atoms with Gasteiger partial charge in [-0.05, 0) is 6.42 Å². The van der Waals surface area contributed by atoms with E-state index in [4.69, 9.17) is 15.7 Å². The summed E-state index contributed by atoms with van der Waals surface area (Å²) in [5.41, 5.74) is 5.51. The molecule has 1 unspecified atom stereocenters. The Bertz CT molecular complexity index is 158. The minimum atomic E-state index is -0.358. The largest absolute Gasteiger partial charge is 0.380 e.